The van der Waals surface area contributed by atoms with Gasteiger partial charge < -0.3 is 9.47 Å². The zero-order valence-corrected chi connectivity index (χ0v) is 14.4. The number of nitrogens with zero attached hydrogens (tertiary/aromatic N) is 2. The molecule has 0 unspecified atom stereocenters. The molecule has 0 fully saturated rings. The van der Waals surface area contributed by atoms with E-state index >= 15 is 0 Å². The Morgan fingerprint density at radius 1 is 1.00 bits per heavy atom. The van der Waals surface area contributed by atoms with E-state index in [-0.39, 0.29) is 0 Å². The number of nitriles is 1. The fourth-order valence-electron chi connectivity index (χ4n) is 2.37. The van der Waals surface area contributed by atoms with E-state index in [4.69, 9.17) is 14.7 Å². The van der Waals surface area contributed by atoms with Gasteiger partial charge in [0, 0.05) is 17.8 Å². The molecule has 0 aliphatic carbocycles. The molecule has 128 valence electrons. The fraction of sp³-hybridized carbons (Fsp3) is 0.0909. The fourth-order valence-corrected chi connectivity index (χ4v) is 2.37. The van der Waals surface area contributed by atoms with Crippen molar-refractivity contribution in [2.75, 3.05) is 7.11 Å². The van der Waals surface area contributed by atoms with Crippen molar-refractivity contribution in [2.45, 2.75) is 6.61 Å². The predicted molar refractivity (Wildman–Crippen MR) is 102 cm³/mol. The Balaban J connectivity index is 1.81. The SMILES string of the molecule is COc1ccc(/C=N/c2ccc(C#N)cc2)c(OCc2ccccc2)c1. The lowest BCUT2D eigenvalue weighted by atomic mass is 10.2. The minimum absolute atomic E-state index is 0.464. The van der Waals surface area contributed by atoms with Crippen LogP contribution >= 0.6 is 0 Å². The molecule has 0 amide bonds. The van der Waals surface area contributed by atoms with E-state index in [0.29, 0.717) is 17.9 Å². The summed E-state index contributed by atoms with van der Waals surface area (Å²) in [4.78, 5) is 4.47. The molecule has 3 aromatic carbocycles. The van der Waals surface area contributed by atoms with Crippen LogP contribution in [0.2, 0.25) is 0 Å². The van der Waals surface area contributed by atoms with Gasteiger partial charge in [-0.05, 0) is 42.0 Å². The first kappa shape index (κ1) is 17.2. The van der Waals surface area contributed by atoms with Crippen LogP contribution in [0.5, 0.6) is 11.5 Å². The quantitative estimate of drug-likeness (QED) is 0.599. The summed E-state index contributed by atoms with van der Waals surface area (Å²) in [5, 5.41) is 8.86. The molecule has 3 aromatic rings. The van der Waals surface area contributed by atoms with Crippen LogP contribution in [0.25, 0.3) is 0 Å². The second kappa shape index (κ2) is 8.50. The maximum atomic E-state index is 8.86. The number of hydrogen-bond donors (Lipinski definition) is 0. The lowest BCUT2D eigenvalue weighted by molar-refractivity contribution is 0.303. The van der Waals surface area contributed by atoms with E-state index in [2.05, 4.69) is 11.1 Å². The maximum Gasteiger partial charge on any atom is 0.132 e. The second-order valence-electron chi connectivity index (χ2n) is 5.59. The van der Waals surface area contributed by atoms with Crippen LogP contribution in [0, 0.1) is 11.3 Å². The molecule has 0 aliphatic heterocycles. The summed E-state index contributed by atoms with van der Waals surface area (Å²) in [5.41, 5.74) is 3.32. The molecule has 0 N–H and O–H groups in total. The average Bonchev–Trinajstić information content (AvgIpc) is 2.72. The summed E-state index contributed by atoms with van der Waals surface area (Å²) in [6.07, 6.45) is 1.75. The van der Waals surface area contributed by atoms with Crippen LogP contribution in [0.3, 0.4) is 0 Å². The van der Waals surface area contributed by atoms with Gasteiger partial charge in [0.25, 0.3) is 0 Å². The molecular formula is C22H18N2O2. The summed E-state index contributed by atoms with van der Waals surface area (Å²) in [7, 11) is 1.63. The smallest absolute Gasteiger partial charge is 0.132 e. The van der Waals surface area contributed by atoms with Crippen molar-refractivity contribution < 1.29 is 9.47 Å². The van der Waals surface area contributed by atoms with Crippen LogP contribution in [-0.2, 0) is 6.61 Å². The average molecular weight is 342 g/mol. The highest BCUT2D eigenvalue weighted by Gasteiger charge is 2.05. The summed E-state index contributed by atoms with van der Waals surface area (Å²) in [6, 6.07) is 24.8. The summed E-state index contributed by atoms with van der Waals surface area (Å²) < 4.78 is 11.3. The molecule has 4 nitrogen and oxygen atoms in total. The Morgan fingerprint density at radius 2 is 1.77 bits per heavy atom. The van der Waals surface area contributed by atoms with Crippen molar-refractivity contribution in [1.82, 2.24) is 0 Å². The Kier molecular flexibility index (Phi) is 5.64. The molecule has 3 rings (SSSR count). The Bertz CT molecular complexity index is 927. The van der Waals surface area contributed by atoms with Crippen molar-refractivity contribution in [1.29, 1.82) is 5.26 Å². The lowest BCUT2D eigenvalue weighted by Crippen LogP contribution is -1.99. The van der Waals surface area contributed by atoms with Gasteiger partial charge in [-0.1, -0.05) is 30.3 Å². The van der Waals surface area contributed by atoms with Crippen LogP contribution in [0.15, 0.2) is 77.8 Å². The third-order valence-corrected chi connectivity index (χ3v) is 3.81. The highest BCUT2D eigenvalue weighted by atomic mass is 16.5. The third kappa shape index (κ3) is 4.49. The van der Waals surface area contributed by atoms with Gasteiger partial charge in [-0.2, -0.15) is 5.26 Å². The van der Waals surface area contributed by atoms with E-state index in [1.54, 1.807) is 25.5 Å². The molecule has 0 radical (unpaired) electrons. The molecule has 26 heavy (non-hydrogen) atoms. The predicted octanol–water partition coefficient (Wildman–Crippen LogP) is 4.90. The van der Waals surface area contributed by atoms with Gasteiger partial charge in [-0.25, -0.2) is 0 Å². The summed E-state index contributed by atoms with van der Waals surface area (Å²) in [6.45, 7) is 0.464. The number of rotatable bonds is 6. The van der Waals surface area contributed by atoms with Crippen LogP contribution in [0.1, 0.15) is 16.7 Å². The van der Waals surface area contributed by atoms with E-state index < -0.39 is 0 Å². The largest absolute Gasteiger partial charge is 0.497 e. The van der Waals surface area contributed by atoms with Crippen molar-refractivity contribution in [2.24, 2.45) is 4.99 Å². The minimum Gasteiger partial charge on any atom is -0.497 e. The maximum absolute atomic E-state index is 8.86. The zero-order valence-electron chi connectivity index (χ0n) is 14.4. The van der Waals surface area contributed by atoms with Gasteiger partial charge in [-0.3, -0.25) is 4.99 Å². The van der Waals surface area contributed by atoms with E-state index in [0.717, 1.165) is 22.6 Å². The Labute approximate surface area is 153 Å². The molecule has 0 bridgehead atoms. The molecular weight excluding hydrogens is 324 g/mol. The van der Waals surface area contributed by atoms with Gasteiger partial charge >= 0.3 is 0 Å². The molecule has 0 aliphatic rings. The molecule has 4 heteroatoms. The normalized spacial score (nSPS) is 10.5. The minimum atomic E-state index is 0.464. The number of hydrogen-bond acceptors (Lipinski definition) is 4. The number of ether oxygens (including phenoxy) is 2. The highest BCUT2D eigenvalue weighted by molar-refractivity contribution is 5.85. The highest BCUT2D eigenvalue weighted by Crippen LogP contribution is 2.25. The number of methoxy groups -OCH3 is 1. The van der Waals surface area contributed by atoms with Gasteiger partial charge in [0.1, 0.15) is 18.1 Å². The van der Waals surface area contributed by atoms with Crippen molar-refractivity contribution in [3.8, 4) is 17.6 Å². The van der Waals surface area contributed by atoms with Gasteiger partial charge in [0.15, 0.2) is 0 Å². The van der Waals surface area contributed by atoms with Crippen LogP contribution < -0.4 is 9.47 Å². The van der Waals surface area contributed by atoms with E-state index in [1.165, 1.54) is 0 Å². The van der Waals surface area contributed by atoms with E-state index in [1.807, 2.05) is 60.7 Å². The van der Waals surface area contributed by atoms with E-state index in [9.17, 15) is 0 Å². The van der Waals surface area contributed by atoms with Crippen molar-refractivity contribution in [3.05, 3.63) is 89.5 Å². The first-order valence-corrected chi connectivity index (χ1v) is 8.17. The first-order valence-electron chi connectivity index (χ1n) is 8.17. The topological polar surface area (TPSA) is 54.6 Å². The van der Waals surface area contributed by atoms with Crippen molar-refractivity contribution in [3.63, 3.8) is 0 Å². The van der Waals surface area contributed by atoms with Gasteiger partial charge in [0.05, 0.1) is 24.4 Å². The molecule has 0 aromatic heterocycles. The van der Waals surface area contributed by atoms with Crippen LogP contribution in [0.4, 0.5) is 5.69 Å². The van der Waals surface area contributed by atoms with Crippen molar-refractivity contribution >= 4 is 11.9 Å². The summed E-state index contributed by atoms with van der Waals surface area (Å²) in [5.74, 6) is 1.43. The standard InChI is InChI=1S/C22H18N2O2/c1-25-21-12-9-19(15-24-20-10-7-17(14-23)8-11-20)22(13-21)26-16-18-5-3-2-4-6-18/h2-13,15H,16H2,1H3/b24-15+. The Hall–Kier alpha value is -3.58. The van der Waals surface area contributed by atoms with Gasteiger partial charge in [0.2, 0.25) is 0 Å². The Morgan fingerprint density at radius 3 is 2.46 bits per heavy atom. The monoisotopic (exact) mass is 342 g/mol. The first-order chi connectivity index (χ1) is 12.8. The zero-order chi connectivity index (χ0) is 18.2. The molecule has 0 saturated heterocycles. The molecule has 0 spiro atoms. The second-order valence-corrected chi connectivity index (χ2v) is 5.59. The third-order valence-electron chi connectivity index (χ3n) is 3.81. The lowest BCUT2D eigenvalue weighted by Gasteiger charge is -2.11. The van der Waals surface area contributed by atoms with Gasteiger partial charge in [-0.15, -0.1) is 0 Å². The number of benzene rings is 3. The molecule has 0 heterocycles. The molecule has 0 atom stereocenters. The summed E-state index contributed by atoms with van der Waals surface area (Å²) >= 11 is 0. The van der Waals surface area contributed by atoms with Crippen LogP contribution in [-0.4, -0.2) is 13.3 Å². The molecule has 0 saturated carbocycles. The number of aliphatic imine (C=N–C) groups is 1.